The normalized spacial score (nSPS) is 11.5. The van der Waals surface area contributed by atoms with Gasteiger partial charge in [-0.05, 0) is 60.7 Å². The Balaban J connectivity index is 2.48. The van der Waals surface area contributed by atoms with Crippen molar-refractivity contribution in [3.63, 3.8) is 0 Å². The zero-order valence-electron chi connectivity index (χ0n) is 17.9. The van der Waals surface area contributed by atoms with Crippen molar-refractivity contribution in [1.29, 1.82) is 5.26 Å². The van der Waals surface area contributed by atoms with Gasteiger partial charge in [-0.25, -0.2) is 0 Å². The molecule has 5 nitrogen and oxygen atoms in total. The first-order valence-electron chi connectivity index (χ1n) is 9.80. The maximum absolute atomic E-state index is 9.83. The molecule has 0 saturated heterocycles. The monoisotopic (exact) mass is 404 g/mol. The zero-order valence-corrected chi connectivity index (χ0v) is 17.9. The lowest BCUT2D eigenvalue weighted by atomic mass is 9.98. The fraction of sp³-hybridized carbons (Fsp3) is 0.280. The van der Waals surface area contributed by atoms with E-state index in [1.807, 2.05) is 54.6 Å². The maximum Gasteiger partial charge on any atom is 0.161 e. The van der Waals surface area contributed by atoms with E-state index in [2.05, 4.69) is 17.6 Å². The smallest absolute Gasteiger partial charge is 0.161 e. The molecule has 2 aromatic carbocycles. The van der Waals surface area contributed by atoms with Gasteiger partial charge >= 0.3 is 0 Å². The molecule has 0 fully saturated rings. The Morgan fingerprint density at radius 2 is 1.73 bits per heavy atom. The molecule has 0 unspecified atom stereocenters. The summed E-state index contributed by atoms with van der Waals surface area (Å²) in [4.78, 5) is 4.57. The molecule has 0 spiro atoms. The van der Waals surface area contributed by atoms with Gasteiger partial charge in [-0.2, -0.15) is 5.26 Å². The molecule has 0 N–H and O–H groups in total. The molecule has 0 saturated carbocycles. The van der Waals surface area contributed by atoms with Crippen molar-refractivity contribution in [2.75, 3.05) is 27.9 Å². The van der Waals surface area contributed by atoms with Crippen LogP contribution in [0.2, 0.25) is 0 Å². The van der Waals surface area contributed by atoms with Crippen LogP contribution < -0.4 is 14.2 Å². The van der Waals surface area contributed by atoms with Gasteiger partial charge in [-0.3, -0.25) is 4.99 Å². The van der Waals surface area contributed by atoms with E-state index in [4.69, 9.17) is 14.2 Å². The number of nitrogens with zero attached hydrogens (tertiary/aromatic N) is 2. The lowest BCUT2D eigenvalue weighted by molar-refractivity contribution is 0.355. The average molecular weight is 405 g/mol. The fourth-order valence-electron chi connectivity index (χ4n) is 2.93. The number of unbranched alkanes of at least 4 members (excludes halogenated alkanes) is 2. The van der Waals surface area contributed by atoms with Gasteiger partial charge < -0.3 is 14.2 Å². The number of nitriles is 1. The molecule has 0 aliphatic carbocycles. The quantitative estimate of drug-likeness (QED) is 0.212. The summed E-state index contributed by atoms with van der Waals surface area (Å²) < 4.78 is 16.0. The number of aliphatic imine (C=N–C) groups is 1. The van der Waals surface area contributed by atoms with E-state index in [1.165, 1.54) is 0 Å². The molecule has 0 aliphatic rings. The highest BCUT2D eigenvalue weighted by molar-refractivity contribution is 6.34. The second-order valence-electron chi connectivity index (χ2n) is 6.53. The molecule has 0 aliphatic heterocycles. The van der Waals surface area contributed by atoms with Crippen LogP contribution >= 0.6 is 0 Å². The van der Waals surface area contributed by atoms with Gasteiger partial charge in [0, 0.05) is 12.1 Å². The summed E-state index contributed by atoms with van der Waals surface area (Å²) in [5, 5.41) is 9.83. The molecule has 2 aromatic rings. The standard InChI is InChI=1S/C25H28N2O3/c1-5-6-7-8-15-27-23(18-26)22(16-19-9-12-21(28-2)13-10-19)20-11-14-24(29-3)25(17-20)30-4/h5,9-14,16-17H,1,6-8,15H2,2-4H3/b22-16+,27-23?. The summed E-state index contributed by atoms with van der Waals surface area (Å²) in [6, 6.07) is 15.5. The van der Waals surface area contributed by atoms with E-state index in [0.717, 1.165) is 41.7 Å². The summed E-state index contributed by atoms with van der Waals surface area (Å²) >= 11 is 0. The Morgan fingerprint density at radius 1 is 1.00 bits per heavy atom. The number of rotatable bonds is 11. The van der Waals surface area contributed by atoms with Crippen LogP contribution in [0.4, 0.5) is 0 Å². The van der Waals surface area contributed by atoms with E-state index in [-0.39, 0.29) is 0 Å². The van der Waals surface area contributed by atoms with E-state index >= 15 is 0 Å². The Bertz CT molecular complexity index is 938. The largest absolute Gasteiger partial charge is 0.497 e. The second kappa shape index (κ2) is 12.1. The van der Waals surface area contributed by atoms with Gasteiger partial charge in [-0.1, -0.05) is 24.3 Å². The van der Waals surface area contributed by atoms with Gasteiger partial charge in [0.1, 0.15) is 17.5 Å². The first-order chi connectivity index (χ1) is 14.7. The van der Waals surface area contributed by atoms with Crippen molar-refractivity contribution >= 4 is 17.4 Å². The van der Waals surface area contributed by atoms with Crippen molar-refractivity contribution in [2.24, 2.45) is 4.99 Å². The maximum atomic E-state index is 9.83. The van der Waals surface area contributed by atoms with Crippen molar-refractivity contribution in [2.45, 2.75) is 19.3 Å². The molecule has 0 bridgehead atoms. The van der Waals surface area contributed by atoms with Crippen molar-refractivity contribution in [3.05, 3.63) is 66.2 Å². The highest BCUT2D eigenvalue weighted by atomic mass is 16.5. The molecular weight excluding hydrogens is 376 g/mol. The average Bonchev–Trinajstić information content (AvgIpc) is 2.80. The molecule has 0 amide bonds. The van der Waals surface area contributed by atoms with E-state index in [0.29, 0.717) is 23.8 Å². The highest BCUT2D eigenvalue weighted by Crippen LogP contribution is 2.32. The Kier molecular flexibility index (Phi) is 9.20. The number of methoxy groups -OCH3 is 3. The Labute approximate surface area is 178 Å². The van der Waals surface area contributed by atoms with E-state index < -0.39 is 0 Å². The first kappa shape index (κ1) is 22.8. The van der Waals surface area contributed by atoms with Crippen LogP contribution in [-0.4, -0.2) is 33.6 Å². The van der Waals surface area contributed by atoms with Gasteiger partial charge in [0.15, 0.2) is 11.5 Å². The number of benzene rings is 2. The minimum absolute atomic E-state index is 0.386. The van der Waals surface area contributed by atoms with Crippen LogP contribution in [0.3, 0.4) is 0 Å². The van der Waals surface area contributed by atoms with Crippen molar-refractivity contribution in [1.82, 2.24) is 0 Å². The highest BCUT2D eigenvalue weighted by Gasteiger charge is 2.13. The minimum Gasteiger partial charge on any atom is -0.497 e. The number of hydrogen-bond acceptors (Lipinski definition) is 5. The van der Waals surface area contributed by atoms with Crippen LogP contribution in [0, 0.1) is 11.3 Å². The summed E-state index contributed by atoms with van der Waals surface area (Å²) in [5.41, 5.74) is 2.88. The Morgan fingerprint density at radius 3 is 2.33 bits per heavy atom. The van der Waals surface area contributed by atoms with Crippen LogP contribution in [0.25, 0.3) is 11.6 Å². The third kappa shape index (κ3) is 6.25. The molecule has 0 heterocycles. The van der Waals surface area contributed by atoms with Crippen LogP contribution in [-0.2, 0) is 0 Å². The molecule has 0 radical (unpaired) electrons. The van der Waals surface area contributed by atoms with Gasteiger partial charge in [0.25, 0.3) is 0 Å². The van der Waals surface area contributed by atoms with Crippen LogP contribution in [0.5, 0.6) is 17.2 Å². The predicted octanol–water partition coefficient (Wildman–Crippen LogP) is 5.57. The van der Waals surface area contributed by atoms with Crippen LogP contribution in [0.1, 0.15) is 30.4 Å². The summed E-state index contributed by atoms with van der Waals surface area (Å²) in [6.45, 7) is 4.33. The zero-order chi connectivity index (χ0) is 21.8. The topological polar surface area (TPSA) is 63.8 Å². The van der Waals surface area contributed by atoms with Gasteiger partial charge in [0.05, 0.1) is 21.3 Å². The lowest BCUT2D eigenvalue weighted by Crippen LogP contribution is -2.02. The molecule has 0 aromatic heterocycles. The van der Waals surface area contributed by atoms with Gasteiger partial charge in [-0.15, -0.1) is 6.58 Å². The number of ether oxygens (including phenoxy) is 3. The summed E-state index contributed by atoms with van der Waals surface area (Å²) in [7, 11) is 4.82. The molecular formula is C25H28N2O3. The fourth-order valence-corrected chi connectivity index (χ4v) is 2.93. The minimum atomic E-state index is 0.386. The third-order valence-electron chi connectivity index (χ3n) is 4.57. The first-order valence-corrected chi connectivity index (χ1v) is 9.80. The van der Waals surface area contributed by atoms with Crippen LogP contribution in [0.15, 0.2) is 60.1 Å². The SMILES string of the molecule is C=CCCCCN=C(C#N)/C(=C/c1ccc(OC)cc1)c1ccc(OC)c(OC)c1. The van der Waals surface area contributed by atoms with Gasteiger partial charge in [0.2, 0.25) is 0 Å². The molecule has 0 atom stereocenters. The predicted molar refractivity (Wildman–Crippen MR) is 122 cm³/mol. The summed E-state index contributed by atoms with van der Waals surface area (Å²) in [5.74, 6) is 2.00. The molecule has 5 heteroatoms. The second-order valence-corrected chi connectivity index (χ2v) is 6.53. The lowest BCUT2D eigenvalue weighted by Gasteiger charge is -2.12. The van der Waals surface area contributed by atoms with Crippen molar-refractivity contribution < 1.29 is 14.2 Å². The van der Waals surface area contributed by atoms with E-state index in [9.17, 15) is 5.26 Å². The number of allylic oxidation sites excluding steroid dienone is 2. The summed E-state index contributed by atoms with van der Waals surface area (Å²) in [6.07, 6.45) is 6.69. The Hall–Kier alpha value is -3.52. The molecule has 156 valence electrons. The number of hydrogen-bond donors (Lipinski definition) is 0. The molecule has 30 heavy (non-hydrogen) atoms. The van der Waals surface area contributed by atoms with Crippen molar-refractivity contribution in [3.8, 4) is 23.3 Å². The van der Waals surface area contributed by atoms with E-state index in [1.54, 1.807) is 21.3 Å². The third-order valence-corrected chi connectivity index (χ3v) is 4.57. The molecule has 2 rings (SSSR count).